The first-order valence-electron chi connectivity index (χ1n) is 9.87. The van der Waals surface area contributed by atoms with Crippen LogP contribution in [0.4, 0.5) is 5.69 Å². The maximum atomic E-state index is 10.3. The molecule has 0 N–H and O–H groups in total. The first kappa shape index (κ1) is 25.7. The zero-order chi connectivity index (χ0) is 20.5. The Bertz CT molecular complexity index is 503. The van der Waals surface area contributed by atoms with E-state index in [-0.39, 0.29) is 11.4 Å². The fraction of sp³-hybridized carbons (Fsp3) is 0.650. The van der Waals surface area contributed by atoms with Gasteiger partial charge in [0.25, 0.3) is 5.69 Å². The number of benzene rings is 1. The standard InChI is InChI=1S/C8H7NO5.3C4H9.Sn/c1-6(10)13-14-8-4-2-7(3-5-8)9(11)12;3*1-3-4-2;/h2-5H,1H3;3*1,3-4H2,2H3;. The minimum absolute atomic E-state index is 0.0554. The summed E-state index contributed by atoms with van der Waals surface area (Å²) >= 11 is -0.839. The Morgan fingerprint density at radius 3 is 1.74 bits per heavy atom. The normalized spacial score (nSPS) is 10.1. The second kappa shape index (κ2) is 16.8. The molecule has 0 aliphatic rings. The third kappa shape index (κ3) is 14.4. The molecule has 0 atom stereocenters. The molecule has 0 bridgehead atoms. The second-order valence-electron chi connectivity index (χ2n) is 6.47. The molecule has 0 aliphatic heterocycles. The SMILES string of the molecule is CC(=O)OOc1ccc([N+](=O)[O-])cc1.CCC[CH2][Sn]([CH2]CCC)[CH2]CCC. The number of hydrogen-bond acceptors (Lipinski definition) is 5. The number of carbonyl (C=O) groups is 1. The number of hydrogen-bond donors (Lipinski definition) is 0. The third-order valence-corrected chi connectivity index (χ3v) is 13.0. The van der Waals surface area contributed by atoms with Crippen molar-refractivity contribution in [1.29, 1.82) is 0 Å². The topological polar surface area (TPSA) is 78.7 Å². The van der Waals surface area contributed by atoms with Gasteiger partial charge >= 0.3 is 98.3 Å². The van der Waals surface area contributed by atoms with Crippen molar-refractivity contribution < 1.29 is 19.5 Å². The molecule has 0 heterocycles. The van der Waals surface area contributed by atoms with Crippen LogP contribution in [0.2, 0.25) is 13.3 Å². The summed E-state index contributed by atoms with van der Waals surface area (Å²) in [6.45, 7) is 8.19. The molecule has 0 fully saturated rings. The van der Waals surface area contributed by atoms with E-state index in [1.165, 1.54) is 69.7 Å². The van der Waals surface area contributed by atoms with Gasteiger partial charge in [-0.1, -0.05) is 0 Å². The van der Waals surface area contributed by atoms with Gasteiger partial charge in [-0.15, -0.1) is 0 Å². The van der Waals surface area contributed by atoms with Crippen molar-refractivity contribution in [2.75, 3.05) is 0 Å². The average Bonchev–Trinajstić information content (AvgIpc) is 2.66. The number of nitro benzene ring substituents is 1. The Labute approximate surface area is 170 Å². The molecule has 0 amide bonds. The van der Waals surface area contributed by atoms with Gasteiger partial charge in [-0.25, -0.2) is 4.79 Å². The van der Waals surface area contributed by atoms with Crippen LogP contribution in [0.5, 0.6) is 5.75 Å². The number of unbranched alkanes of at least 4 members (excludes halogenated alkanes) is 3. The van der Waals surface area contributed by atoms with E-state index in [2.05, 4.69) is 30.5 Å². The first-order valence-corrected chi connectivity index (χ1v) is 15.9. The molecular formula is C20H34NO5Sn. The fourth-order valence-corrected chi connectivity index (χ4v) is 11.8. The molecule has 0 aromatic heterocycles. The van der Waals surface area contributed by atoms with Crippen LogP contribution in [0.25, 0.3) is 0 Å². The number of rotatable bonds is 12. The minimum atomic E-state index is -0.839. The number of non-ortho nitro benzene ring substituents is 1. The summed E-state index contributed by atoms with van der Waals surface area (Å²) in [6, 6.07) is 5.17. The van der Waals surface area contributed by atoms with Gasteiger partial charge in [0.2, 0.25) is 0 Å². The molecule has 7 heteroatoms. The first-order chi connectivity index (χ1) is 12.9. The molecule has 1 rings (SSSR count). The van der Waals surface area contributed by atoms with E-state index in [4.69, 9.17) is 0 Å². The summed E-state index contributed by atoms with van der Waals surface area (Å²) < 4.78 is 5.04. The zero-order valence-corrected chi connectivity index (χ0v) is 20.0. The van der Waals surface area contributed by atoms with Gasteiger partial charge in [-0.3, -0.25) is 19.9 Å². The fourth-order valence-electron chi connectivity index (χ4n) is 2.39. The van der Waals surface area contributed by atoms with Crippen LogP contribution in [0.3, 0.4) is 0 Å². The summed E-state index contributed by atoms with van der Waals surface area (Å²) in [5.41, 5.74) is -0.0554. The molecule has 0 spiro atoms. The zero-order valence-electron chi connectivity index (χ0n) is 17.2. The Hall–Kier alpha value is -1.31. The quantitative estimate of drug-likeness (QED) is 0.149. The second-order valence-corrected chi connectivity index (χ2v) is 15.0. The molecule has 0 saturated carbocycles. The van der Waals surface area contributed by atoms with Gasteiger partial charge in [0.15, 0.2) is 5.75 Å². The van der Waals surface area contributed by atoms with Crippen molar-refractivity contribution in [3.05, 3.63) is 34.4 Å². The van der Waals surface area contributed by atoms with Gasteiger partial charge < -0.3 is 0 Å². The van der Waals surface area contributed by atoms with Crippen molar-refractivity contribution in [1.82, 2.24) is 0 Å². The summed E-state index contributed by atoms with van der Waals surface area (Å²) in [6.07, 6.45) is 8.85. The van der Waals surface area contributed by atoms with Gasteiger partial charge in [0.05, 0.1) is 4.92 Å². The van der Waals surface area contributed by atoms with Crippen molar-refractivity contribution in [3.63, 3.8) is 0 Å². The van der Waals surface area contributed by atoms with E-state index in [1.807, 2.05) is 0 Å². The molecule has 153 valence electrons. The Morgan fingerprint density at radius 1 is 0.963 bits per heavy atom. The molecule has 6 nitrogen and oxygen atoms in total. The van der Waals surface area contributed by atoms with E-state index in [1.54, 1.807) is 13.3 Å². The Morgan fingerprint density at radius 2 is 1.41 bits per heavy atom. The van der Waals surface area contributed by atoms with E-state index in [9.17, 15) is 14.9 Å². The summed E-state index contributed by atoms with van der Waals surface area (Å²) in [7, 11) is 0. The van der Waals surface area contributed by atoms with E-state index >= 15 is 0 Å². The van der Waals surface area contributed by atoms with Crippen LogP contribution in [0.1, 0.15) is 66.2 Å². The van der Waals surface area contributed by atoms with Crippen LogP contribution in [0, 0.1) is 10.1 Å². The van der Waals surface area contributed by atoms with Crippen LogP contribution >= 0.6 is 0 Å². The van der Waals surface area contributed by atoms with E-state index in [0.29, 0.717) is 0 Å². The van der Waals surface area contributed by atoms with Crippen LogP contribution < -0.4 is 4.89 Å². The molecule has 0 saturated heterocycles. The molecule has 1 radical (unpaired) electrons. The molecule has 1 aromatic rings. The predicted octanol–water partition coefficient (Wildman–Crippen LogP) is 6.33. The summed E-state index contributed by atoms with van der Waals surface area (Å²) in [5.74, 6) is -0.367. The average molecular weight is 487 g/mol. The van der Waals surface area contributed by atoms with E-state index < -0.39 is 30.7 Å². The Balaban J connectivity index is 0.000000503. The number of nitro groups is 1. The number of carbonyl (C=O) groups excluding carboxylic acids is 1. The van der Waals surface area contributed by atoms with Gasteiger partial charge in [0, 0.05) is 19.1 Å². The van der Waals surface area contributed by atoms with E-state index in [0.717, 1.165) is 0 Å². The maximum absolute atomic E-state index is 10.3. The monoisotopic (exact) mass is 488 g/mol. The summed E-state index contributed by atoms with van der Waals surface area (Å²) in [4.78, 5) is 28.8. The summed E-state index contributed by atoms with van der Waals surface area (Å²) in [5, 5.41) is 10.3. The number of nitrogens with zero attached hydrogens (tertiary/aromatic N) is 1. The molecule has 27 heavy (non-hydrogen) atoms. The third-order valence-electron chi connectivity index (χ3n) is 3.95. The van der Waals surface area contributed by atoms with Crippen LogP contribution in [-0.4, -0.2) is 30.7 Å². The van der Waals surface area contributed by atoms with Crippen molar-refractivity contribution in [2.45, 2.75) is 79.5 Å². The van der Waals surface area contributed by atoms with Gasteiger partial charge in [-0.2, -0.15) is 0 Å². The van der Waals surface area contributed by atoms with Crippen molar-refractivity contribution >= 4 is 31.4 Å². The van der Waals surface area contributed by atoms with Crippen LogP contribution in [-0.2, 0) is 9.68 Å². The van der Waals surface area contributed by atoms with Crippen molar-refractivity contribution in [2.24, 2.45) is 0 Å². The Kier molecular flexibility index (Phi) is 16.0. The van der Waals surface area contributed by atoms with Crippen LogP contribution in [0.15, 0.2) is 24.3 Å². The molecule has 1 aromatic carbocycles. The van der Waals surface area contributed by atoms with Crippen molar-refractivity contribution in [3.8, 4) is 5.75 Å². The molecule has 0 aliphatic carbocycles. The molecular weight excluding hydrogens is 453 g/mol. The van der Waals surface area contributed by atoms with Gasteiger partial charge in [-0.05, 0) is 12.1 Å². The van der Waals surface area contributed by atoms with Gasteiger partial charge in [0.1, 0.15) is 0 Å². The molecule has 0 unspecified atom stereocenters. The predicted molar refractivity (Wildman–Crippen MR) is 110 cm³/mol.